The minimum absolute atomic E-state index is 0.177. The number of carbonyl (C=O) groups is 1. The van der Waals surface area contributed by atoms with Gasteiger partial charge in [0.1, 0.15) is 0 Å². The summed E-state index contributed by atoms with van der Waals surface area (Å²) >= 11 is 0. The van der Waals surface area contributed by atoms with Crippen LogP contribution in [0.3, 0.4) is 0 Å². The van der Waals surface area contributed by atoms with Crippen LogP contribution in [0, 0.1) is 6.92 Å². The largest absolute Gasteiger partial charge is 0.358 e. The van der Waals surface area contributed by atoms with E-state index in [1.165, 1.54) is 10.9 Å². The molecule has 0 unspecified atom stereocenters. The van der Waals surface area contributed by atoms with Crippen LogP contribution < -0.4 is 10.6 Å². The van der Waals surface area contributed by atoms with Crippen molar-refractivity contribution in [3.8, 4) is 0 Å². The van der Waals surface area contributed by atoms with Crippen LogP contribution in [0.2, 0.25) is 0 Å². The summed E-state index contributed by atoms with van der Waals surface area (Å²) < 4.78 is 0. The molecule has 0 saturated carbocycles. The van der Waals surface area contributed by atoms with Crippen LogP contribution in [0.4, 0.5) is 10.5 Å². The summed E-state index contributed by atoms with van der Waals surface area (Å²) in [6, 6.07) is 17.5. The monoisotopic (exact) mass is 293 g/mol. The number of anilines is 1. The van der Waals surface area contributed by atoms with Crippen molar-refractivity contribution in [3.63, 3.8) is 0 Å². The number of benzene rings is 2. The molecule has 0 radical (unpaired) electrons. The van der Waals surface area contributed by atoms with Gasteiger partial charge in [0, 0.05) is 28.8 Å². The molecule has 2 aromatic carbocycles. The Hall–Kier alpha value is -2.75. The minimum Gasteiger partial charge on any atom is -0.358 e. The number of para-hydroxylation sites is 2. The van der Waals surface area contributed by atoms with E-state index in [1.807, 2.05) is 42.5 Å². The minimum atomic E-state index is -0.177. The third-order valence-electron chi connectivity index (χ3n) is 3.72. The molecule has 3 rings (SSSR count). The van der Waals surface area contributed by atoms with E-state index in [4.69, 9.17) is 0 Å². The fraction of sp³-hybridized carbons (Fsp3) is 0.167. The third kappa shape index (κ3) is 3.11. The molecule has 0 bridgehead atoms. The number of rotatable bonds is 4. The summed E-state index contributed by atoms with van der Waals surface area (Å²) in [5.41, 5.74) is 4.36. The van der Waals surface area contributed by atoms with Crippen molar-refractivity contribution >= 4 is 22.6 Å². The average molecular weight is 293 g/mol. The molecular weight excluding hydrogens is 274 g/mol. The zero-order chi connectivity index (χ0) is 15.4. The normalized spacial score (nSPS) is 10.6. The average Bonchev–Trinajstić information content (AvgIpc) is 2.84. The highest BCUT2D eigenvalue weighted by Crippen LogP contribution is 2.21. The van der Waals surface area contributed by atoms with E-state index in [0.717, 1.165) is 23.3 Å². The second kappa shape index (κ2) is 6.35. The molecule has 1 aromatic heterocycles. The highest BCUT2D eigenvalue weighted by molar-refractivity contribution is 5.89. The zero-order valence-corrected chi connectivity index (χ0v) is 12.5. The molecule has 112 valence electrons. The van der Waals surface area contributed by atoms with Gasteiger partial charge in [-0.15, -0.1) is 0 Å². The van der Waals surface area contributed by atoms with Gasteiger partial charge < -0.3 is 15.6 Å². The first kappa shape index (κ1) is 14.2. The maximum atomic E-state index is 11.9. The molecule has 0 aliphatic rings. The molecule has 0 saturated heterocycles. The number of fused-ring (bicyclic) bond motifs is 1. The Morgan fingerprint density at radius 1 is 1.05 bits per heavy atom. The predicted octanol–water partition coefficient (Wildman–Crippen LogP) is 3.84. The molecule has 0 fully saturated rings. The number of aromatic amines is 1. The number of amides is 2. The molecule has 22 heavy (non-hydrogen) atoms. The van der Waals surface area contributed by atoms with Gasteiger partial charge in [-0.05, 0) is 37.1 Å². The number of nitrogens with one attached hydrogen (secondary N) is 3. The lowest BCUT2D eigenvalue weighted by Crippen LogP contribution is -2.30. The number of hydrogen-bond acceptors (Lipinski definition) is 1. The van der Waals surface area contributed by atoms with Gasteiger partial charge in [0.15, 0.2) is 0 Å². The molecule has 0 aliphatic heterocycles. The van der Waals surface area contributed by atoms with Crippen LogP contribution in [0.15, 0.2) is 54.6 Å². The van der Waals surface area contributed by atoms with Crippen LogP contribution in [-0.4, -0.2) is 17.6 Å². The van der Waals surface area contributed by atoms with Crippen molar-refractivity contribution in [2.75, 3.05) is 11.9 Å². The van der Waals surface area contributed by atoms with Gasteiger partial charge in [-0.2, -0.15) is 0 Å². The molecule has 3 N–H and O–H groups in total. The predicted molar refractivity (Wildman–Crippen MR) is 90.2 cm³/mol. The summed E-state index contributed by atoms with van der Waals surface area (Å²) in [5.74, 6) is 0. The summed E-state index contributed by atoms with van der Waals surface area (Å²) in [5, 5.41) is 6.94. The van der Waals surface area contributed by atoms with Crippen LogP contribution in [0.25, 0.3) is 10.9 Å². The Bertz CT molecular complexity index is 777. The number of H-pyrrole nitrogens is 1. The van der Waals surface area contributed by atoms with Gasteiger partial charge in [0.05, 0.1) is 0 Å². The first-order valence-corrected chi connectivity index (χ1v) is 7.40. The Labute approximate surface area is 129 Å². The highest BCUT2D eigenvalue weighted by atomic mass is 16.2. The summed E-state index contributed by atoms with van der Waals surface area (Å²) in [6.45, 7) is 2.67. The molecule has 0 spiro atoms. The number of hydrogen-bond donors (Lipinski definition) is 3. The standard InChI is InChI=1S/C18H19N3O/c1-13-15(16-9-5-6-10-17(16)20-13)11-12-19-18(22)21-14-7-3-2-4-8-14/h2-10,20H,11-12H2,1H3,(H2,19,21,22). The van der Waals surface area contributed by atoms with E-state index in [-0.39, 0.29) is 6.03 Å². The highest BCUT2D eigenvalue weighted by Gasteiger charge is 2.08. The van der Waals surface area contributed by atoms with E-state index in [0.29, 0.717) is 6.54 Å². The lowest BCUT2D eigenvalue weighted by Gasteiger charge is -2.07. The lowest BCUT2D eigenvalue weighted by molar-refractivity contribution is 0.252. The number of aromatic nitrogens is 1. The van der Waals surface area contributed by atoms with E-state index >= 15 is 0 Å². The van der Waals surface area contributed by atoms with Crippen molar-refractivity contribution in [1.29, 1.82) is 0 Å². The van der Waals surface area contributed by atoms with Crippen LogP contribution in [-0.2, 0) is 6.42 Å². The molecular formula is C18H19N3O. The van der Waals surface area contributed by atoms with Gasteiger partial charge >= 0.3 is 6.03 Å². The van der Waals surface area contributed by atoms with E-state index in [1.54, 1.807) is 0 Å². The van der Waals surface area contributed by atoms with Crippen LogP contribution in [0.1, 0.15) is 11.3 Å². The van der Waals surface area contributed by atoms with Gasteiger partial charge in [-0.1, -0.05) is 36.4 Å². The lowest BCUT2D eigenvalue weighted by atomic mass is 10.1. The fourth-order valence-electron chi connectivity index (χ4n) is 2.65. The fourth-order valence-corrected chi connectivity index (χ4v) is 2.65. The molecule has 4 nitrogen and oxygen atoms in total. The Kier molecular flexibility index (Phi) is 4.10. The third-order valence-corrected chi connectivity index (χ3v) is 3.72. The van der Waals surface area contributed by atoms with Gasteiger partial charge in [-0.25, -0.2) is 4.79 Å². The second-order valence-electron chi connectivity index (χ2n) is 5.27. The topological polar surface area (TPSA) is 56.9 Å². The Morgan fingerprint density at radius 2 is 1.77 bits per heavy atom. The van der Waals surface area contributed by atoms with Crippen molar-refractivity contribution in [2.24, 2.45) is 0 Å². The van der Waals surface area contributed by atoms with Crippen LogP contribution in [0.5, 0.6) is 0 Å². The number of urea groups is 1. The quantitative estimate of drug-likeness (QED) is 0.672. The van der Waals surface area contributed by atoms with Gasteiger partial charge in [0.2, 0.25) is 0 Å². The van der Waals surface area contributed by atoms with Crippen molar-refractivity contribution in [3.05, 3.63) is 65.9 Å². The van der Waals surface area contributed by atoms with E-state index in [2.05, 4.69) is 34.7 Å². The molecule has 2 amide bonds. The maximum Gasteiger partial charge on any atom is 0.319 e. The SMILES string of the molecule is Cc1[nH]c2ccccc2c1CCNC(=O)Nc1ccccc1. The van der Waals surface area contributed by atoms with E-state index in [9.17, 15) is 4.79 Å². The number of carbonyl (C=O) groups excluding carboxylic acids is 1. The van der Waals surface area contributed by atoms with Gasteiger partial charge in [0.25, 0.3) is 0 Å². The smallest absolute Gasteiger partial charge is 0.319 e. The molecule has 0 aliphatic carbocycles. The van der Waals surface area contributed by atoms with Crippen molar-refractivity contribution < 1.29 is 4.79 Å². The zero-order valence-electron chi connectivity index (χ0n) is 12.5. The first-order chi connectivity index (χ1) is 10.7. The summed E-state index contributed by atoms with van der Waals surface area (Å²) in [6.07, 6.45) is 0.804. The molecule has 0 atom stereocenters. The molecule has 3 aromatic rings. The summed E-state index contributed by atoms with van der Waals surface area (Å²) in [7, 11) is 0. The second-order valence-corrected chi connectivity index (χ2v) is 5.27. The Balaban J connectivity index is 1.58. The maximum absolute atomic E-state index is 11.9. The van der Waals surface area contributed by atoms with Crippen molar-refractivity contribution in [1.82, 2.24) is 10.3 Å². The van der Waals surface area contributed by atoms with Gasteiger partial charge in [-0.3, -0.25) is 0 Å². The van der Waals surface area contributed by atoms with Crippen LogP contribution >= 0.6 is 0 Å². The molecule has 4 heteroatoms. The van der Waals surface area contributed by atoms with E-state index < -0.39 is 0 Å². The Morgan fingerprint density at radius 3 is 2.59 bits per heavy atom. The summed E-state index contributed by atoms with van der Waals surface area (Å²) in [4.78, 5) is 15.2. The first-order valence-electron chi connectivity index (χ1n) is 7.40. The number of aryl methyl sites for hydroxylation is 1. The molecule has 1 heterocycles. The van der Waals surface area contributed by atoms with Crippen molar-refractivity contribution in [2.45, 2.75) is 13.3 Å².